The van der Waals surface area contributed by atoms with Crippen LogP contribution in [-0.4, -0.2) is 51.4 Å². The lowest BCUT2D eigenvalue weighted by atomic mass is 9.93. The molecule has 1 fully saturated rings. The number of amides is 1. The largest absolute Gasteiger partial charge is 0.386 e. The molecule has 2 N–H and O–H groups in total. The number of aromatic nitrogens is 3. The summed E-state index contributed by atoms with van der Waals surface area (Å²) in [6, 6.07) is 3.37. The van der Waals surface area contributed by atoms with Gasteiger partial charge in [-0.2, -0.15) is 0 Å². The zero-order valence-corrected chi connectivity index (χ0v) is 13.6. The van der Waals surface area contributed by atoms with E-state index in [0.717, 1.165) is 18.7 Å². The number of rotatable bonds is 5. The number of nitrogens with zero attached hydrogens (tertiary/aromatic N) is 4. The maximum atomic E-state index is 12.1. The summed E-state index contributed by atoms with van der Waals surface area (Å²) in [6.45, 7) is 3.22. The van der Waals surface area contributed by atoms with Gasteiger partial charge in [-0.3, -0.25) is 4.79 Å². The summed E-state index contributed by atoms with van der Waals surface area (Å²) < 4.78 is 5.01. The molecule has 8 heteroatoms. The minimum atomic E-state index is -1.03. The van der Waals surface area contributed by atoms with Gasteiger partial charge in [-0.15, -0.1) is 0 Å². The van der Waals surface area contributed by atoms with Crippen LogP contribution < -0.4 is 10.2 Å². The Morgan fingerprint density at radius 3 is 2.96 bits per heavy atom. The molecule has 3 heterocycles. The van der Waals surface area contributed by atoms with E-state index in [-0.39, 0.29) is 18.2 Å². The standard InChI is InChI=1S/C16H21N5O3/c1-2-12-9-13(24-20-12)14(22)19-10-16(23)5-3-8-21(11-16)15-17-6-4-7-18-15/h4,6-7,9,23H,2-3,5,8,10-11H2,1H3,(H,19,22). The lowest BCUT2D eigenvalue weighted by Crippen LogP contribution is -2.54. The number of piperidine rings is 1. The molecule has 0 spiro atoms. The molecule has 0 bridgehead atoms. The van der Waals surface area contributed by atoms with Crippen LogP contribution in [0.5, 0.6) is 0 Å². The lowest BCUT2D eigenvalue weighted by molar-refractivity contribution is 0.0248. The van der Waals surface area contributed by atoms with Crippen LogP contribution in [0.15, 0.2) is 29.0 Å². The first-order chi connectivity index (χ1) is 11.6. The minimum absolute atomic E-state index is 0.136. The predicted octanol–water partition coefficient (Wildman–Crippen LogP) is 0.788. The SMILES string of the molecule is CCc1cc(C(=O)NCC2(O)CCCN(c3ncccn3)C2)on1. The first-order valence-electron chi connectivity index (χ1n) is 8.08. The summed E-state index contributed by atoms with van der Waals surface area (Å²) in [6.07, 6.45) is 5.45. The number of nitrogens with one attached hydrogen (secondary N) is 1. The van der Waals surface area contributed by atoms with Gasteiger partial charge in [-0.1, -0.05) is 12.1 Å². The van der Waals surface area contributed by atoms with Gasteiger partial charge in [0.2, 0.25) is 11.7 Å². The number of carbonyl (C=O) groups excluding carboxylic acids is 1. The fourth-order valence-corrected chi connectivity index (χ4v) is 2.80. The van der Waals surface area contributed by atoms with Crippen molar-refractivity contribution in [1.82, 2.24) is 20.4 Å². The fourth-order valence-electron chi connectivity index (χ4n) is 2.80. The summed E-state index contributed by atoms with van der Waals surface area (Å²) >= 11 is 0. The van der Waals surface area contributed by atoms with Gasteiger partial charge in [0.15, 0.2) is 0 Å². The summed E-state index contributed by atoms with van der Waals surface area (Å²) in [5.41, 5.74) is -0.301. The highest BCUT2D eigenvalue weighted by Crippen LogP contribution is 2.23. The van der Waals surface area contributed by atoms with Crippen molar-refractivity contribution in [3.8, 4) is 0 Å². The topological polar surface area (TPSA) is 104 Å². The molecule has 1 unspecified atom stereocenters. The number of carbonyl (C=O) groups is 1. The first-order valence-corrected chi connectivity index (χ1v) is 8.08. The zero-order valence-electron chi connectivity index (χ0n) is 13.6. The molecule has 24 heavy (non-hydrogen) atoms. The van der Waals surface area contributed by atoms with Crippen LogP contribution in [0.1, 0.15) is 36.0 Å². The molecule has 1 atom stereocenters. The number of aliphatic hydroxyl groups is 1. The van der Waals surface area contributed by atoms with Crippen LogP contribution in [0.25, 0.3) is 0 Å². The summed E-state index contributed by atoms with van der Waals surface area (Å²) in [5.74, 6) is 0.378. The van der Waals surface area contributed by atoms with Gasteiger partial charge in [0, 0.05) is 31.5 Å². The van der Waals surface area contributed by atoms with Crippen molar-refractivity contribution < 1.29 is 14.4 Å². The van der Waals surface area contributed by atoms with Gasteiger partial charge < -0.3 is 19.8 Å². The molecule has 8 nitrogen and oxygen atoms in total. The monoisotopic (exact) mass is 331 g/mol. The number of anilines is 1. The van der Waals surface area contributed by atoms with E-state index in [1.54, 1.807) is 24.5 Å². The highest BCUT2D eigenvalue weighted by molar-refractivity contribution is 5.91. The maximum absolute atomic E-state index is 12.1. The van der Waals surface area contributed by atoms with E-state index in [0.29, 0.717) is 25.3 Å². The second-order valence-electron chi connectivity index (χ2n) is 6.02. The van der Waals surface area contributed by atoms with E-state index < -0.39 is 5.60 Å². The molecule has 0 saturated carbocycles. The second-order valence-corrected chi connectivity index (χ2v) is 6.02. The quantitative estimate of drug-likeness (QED) is 0.834. The van der Waals surface area contributed by atoms with Crippen molar-refractivity contribution in [2.45, 2.75) is 31.8 Å². The Bertz CT molecular complexity index is 690. The molecular weight excluding hydrogens is 310 g/mol. The van der Waals surface area contributed by atoms with Crippen LogP contribution in [-0.2, 0) is 6.42 Å². The average Bonchev–Trinajstić information content (AvgIpc) is 3.10. The van der Waals surface area contributed by atoms with Crippen molar-refractivity contribution >= 4 is 11.9 Å². The Balaban J connectivity index is 1.60. The molecule has 2 aromatic rings. The first kappa shape index (κ1) is 16.4. The normalized spacial score (nSPS) is 20.8. The van der Waals surface area contributed by atoms with Gasteiger partial charge >= 0.3 is 0 Å². The average molecular weight is 331 g/mol. The Morgan fingerprint density at radius 2 is 2.25 bits per heavy atom. The van der Waals surface area contributed by atoms with Crippen LogP contribution in [0.4, 0.5) is 5.95 Å². The lowest BCUT2D eigenvalue weighted by Gasteiger charge is -2.39. The summed E-state index contributed by atoms with van der Waals surface area (Å²) in [4.78, 5) is 22.5. The third-order valence-electron chi connectivity index (χ3n) is 4.11. The molecule has 1 amide bonds. The van der Waals surface area contributed by atoms with E-state index in [4.69, 9.17) is 4.52 Å². The number of hydrogen-bond donors (Lipinski definition) is 2. The van der Waals surface area contributed by atoms with Crippen LogP contribution >= 0.6 is 0 Å². The maximum Gasteiger partial charge on any atom is 0.290 e. The Labute approximate surface area is 139 Å². The van der Waals surface area contributed by atoms with E-state index in [9.17, 15) is 9.90 Å². The summed E-state index contributed by atoms with van der Waals surface area (Å²) in [7, 11) is 0. The Hall–Kier alpha value is -2.48. The van der Waals surface area contributed by atoms with E-state index in [1.807, 2.05) is 11.8 Å². The van der Waals surface area contributed by atoms with Crippen LogP contribution in [0.2, 0.25) is 0 Å². The fraction of sp³-hybridized carbons (Fsp3) is 0.500. The van der Waals surface area contributed by atoms with E-state index in [2.05, 4.69) is 20.4 Å². The number of β-amino-alcohol motifs (C(OH)–C–C–N with tert-alkyl or cyclic N) is 1. The van der Waals surface area contributed by atoms with E-state index >= 15 is 0 Å². The van der Waals surface area contributed by atoms with Crippen molar-refractivity contribution in [1.29, 1.82) is 0 Å². The molecule has 0 aromatic carbocycles. The molecule has 1 aliphatic rings. The van der Waals surface area contributed by atoms with E-state index in [1.165, 1.54) is 0 Å². The van der Waals surface area contributed by atoms with Gasteiger partial charge in [-0.25, -0.2) is 9.97 Å². The molecular formula is C16H21N5O3. The van der Waals surface area contributed by atoms with Crippen molar-refractivity contribution in [3.05, 3.63) is 36.0 Å². The molecule has 1 saturated heterocycles. The molecule has 0 aliphatic carbocycles. The summed E-state index contributed by atoms with van der Waals surface area (Å²) in [5, 5.41) is 17.3. The second kappa shape index (κ2) is 6.96. The predicted molar refractivity (Wildman–Crippen MR) is 86.6 cm³/mol. The molecule has 2 aromatic heterocycles. The Morgan fingerprint density at radius 1 is 1.46 bits per heavy atom. The molecule has 128 valence electrons. The molecule has 1 aliphatic heterocycles. The van der Waals surface area contributed by atoms with Crippen LogP contribution in [0.3, 0.4) is 0 Å². The minimum Gasteiger partial charge on any atom is -0.386 e. The van der Waals surface area contributed by atoms with Gasteiger partial charge in [-0.05, 0) is 25.3 Å². The third-order valence-corrected chi connectivity index (χ3v) is 4.11. The molecule has 3 rings (SSSR count). The van der Waals surface area contributed by atoms with Gasteiger partial charge in [0.25, 0.3) is 5.91 Å². The van der Waals surface area contributed by atoms with Gasteiger partial charge in [0.1, 0.15) is 0 Å². The number of hydrogen-bond acceptors (Lipinski definition) is 7. The third kappa shape index (κ3) is 3.70. The van der Waals surface area contributed by atoms with Crippen molar-refractivity contribution in [2.24, 2.45) is 0 Å². The number of aryl methyl sites for hydroxylation is 1. The molecule has 0 radical (unpaired) electrons. The van der Waals surface area contributed by atoms with Crippen molar-refractivity contribution in [2.75, 3.05) is 24.5 Å². The Kier molecular flexibility index (Phi) is 4.75. The van der Waals surface area contributed by atoms with Gasteiger partial charge in [0.05, 0.1) is 17.8 Å². The highest BCUT2D eigenvalue weighted by atomic mass is 16.5. The zero-order chi connectivity index (χ0) is 17.0. The van der Waals surface area contributed by atoms with Crippen LogP contribution in [0, 0.1) is 0 Å². The highest BCUT2D eigenvalue weighted by Gasteiger charge is 2.35. The smallest absolute Gasteiger partial charge is 0.290 e. The van der Waals surface area contributed by atoms with Crippen molar-refractivity contribution in [3.63, 3.8) is 0 Å².